The highest BCUT2D eigenvalue weighted by molar-refractivity contribution is 8.18. The second kappa shape index (κ2) is 10.4. The molecule has 1 fully saturated rings. The fraction of sp³-hybridized carbons (Fsp3) is 0.154. The number of hydrogen-bond donors (Lipinski definition) is 0. The molecule has 0 saturated carbocycles. The number of imide groups is 1. The summed E-state index contributed by atoms with van der Waals surface area (Å²) in [5.74, 6) is 0.522. The first-order chi connectivity index (χ1) is 16.0. The summed E-state index contributed by atoms with van der Waals surface area (Å²) in [6, 6.07) is 21.1. The van der Waals surface area contributed by atoms with Crippen molar-refractivity contribution in [2.24, 2.45) is 0 Å². The van der Waals surface area contributed by atoms with Crippen LogP contribution in [0.5, 0.6) is 11.5 Å². The fourth-order valence-corrected chi connectivity index (χ4v) is 4.07. The third-order valence-corrected chi connectivity index (χ3v) is 5.86. The van der Waals surface area contributed by atoms with Gasteiger partial charge in [0.05, 0.1) is 11.4 Å². The van der Waals surface area contributed by atoms with Crippen LogP contribution < -0.4 is 9.47 Å². The average Bonchev–Trinajstić information content (AvgIpc) is 3.07. The van der Waals surface area contributed by atoms with E-state index in [1.165, 1.54) is 11.6 Å². The summed E-state index contributed by atoms with van der Waals surface area (Å²) >= 11 is 0.843. The number of hydrogen-bond acceptors (Lipinski definition) is 5. The van der Waals surface area contributed by atoms with Gasteiger partial charge in [0.15, 0.2) is 0 Å². The lowest BCUT2D eigenvalue weighted by Gasteiger charge is -2.12. The van der Waals surface area contributed by atoms with Crippen LogP contribution in [0, 0.1) is 12.7 Å². The van der Waals surface area contributed by atoms with E-state index in [4.69, 9.17) is 9.47 Å². The predicted molar refractivity (Wildman–Crippen MR) is 127 cm³/mol. The third kappa shape index (κ3) is 5.81. The number of nitrogens with zero attached hydrogens (tertiary/aromatic N) is 1. The van der Waals surface area contributed by atoms with Crippen molar-refractivity contribution in [2.45, 2.75) is 13.5 Å². The summed E-state index contributed by atoms with van der Waals surface area (Å²) < 4.78 is 25.3. The lowest BCUT2D eigenvalue weighted by atomic mass is 10.2. The summed E-state index contributed by atoms with van der Waals surface area (Å²) in [6.07, 6.45) is 1.64. The Morgan fingerprint density at radius 1 is 0.909 bits per heavy atom. The zero-order chi connectivity index (χ0) is 23.2. The van der Waals surface area contributed by atoms with Gasteiger partial charge in [-0.15, -0.1) is 0 Å². The monoisotopic (exact) mass is 463 g/mol. The number of aryl methyl sites for hydroxylation is 1. The normalized spacial score (nSPS) is 14.7. The highest BCUT2D eigenvalue weighted by atomic mass is 32.2. The van der Waals surface area contributed by atoms with Gasteiger partial charge in [0.1, 0.15) is 30.5 Å². The fourth-order valence-electron chi connectivity index (χ4n) is 3.23. The highest BCUT2D eigenvalue weighted by Gasteiger charge is 2.35. The number of carbonyl (C=O) groups is 2. The number of halogens is 1. The Balaban J connectivity index is 1.36. The number of amides is 2. The molecule has 0 radical (unpaired) electrons. The van der Waals surface area contributed by atoms with Crippen molar-refractivity contribution in [1.29, 1.82) is 0 Å². The summed E-state index contributed by atoms with van der Waals surface area (Å²) in [4.78, 5) is 26.4. The Labute approximate surface area is 195 Å². The van der Waals surface area contributed by atoms with E-state index in [1.807, 2.05) is 49.4 Å². The maximum atomic E-state index is 13.9. The van der Waals surface area contributed by atoms with E-state index in [2.05, 4.69) is 0 Å². The maximum absolute atomic E-state index is 13.9. The maximum Gasteiger partial charge on any atom is 0.293 e. The van der Waals surface area contributed by atoms with Gasteiger partial charge in [0, 0.05) is 5.56 Å². The molecule has 1 heterocycles. The highest BCUT2D eigenvalue weighted by Crippen LogP contribution is 2.34. The van der Waals surface area contributed by atoms with Gasteiger partial charge >= 0.3 is 0 Å². The smallest absolute Gasteiger partial charge is 0.293 e. The van der Waals surface area contributed by atoms with Crippen LogP contribution in [0.3, 0.4) is 0 Å². The summed E-state index contributed by atoms with van der Waals surface area (Å²) in [5, 5.41) is -0.421. The van der Waals surface area contributed by atoms with Crippen LogP contribution in [0.25, 0.3) is 6.08 Å². The Bertz CT molecular complexity index is 1190. The van der Waals surface area contributed by atoms with Crippen molar-refractivity contribution in [1.82, 2.24) is 4.90 Å². The van der Waals surface area contributed by atoms with Crippen LogP contribution in [0.15, 0.2) is 77.7 Å². The molecule has 1 saturated heterocycles. The first kappa shape index (κ1) is 22.6. The lowest BCUT2D eigenvalue weighted by Crippen LogP contribution is -2.27. The van der Waals surface area contributed by atoms with Crippen LogP contribution in [0.1, 0.15) is 16.7 Å². The SMILES string of the molecule is Cc1ccc(OCCOc2cccc(/C=C3\SC(=O)N(Cc4ccccc4F)C3=O)c2)cc1. The number of ether oxygens (including phenoxy) is 2. The van der Waals surface area contributed by atoms with E-state index < -0.39 is 17.0 Å². The van der Waals surface area contributed by atoms with E-state index in [9.17, 15) is 14.0 Å². The molecule has 0 spiro atoms. The molecule has 168 valence electrons. The van der Waals surface area contributed by atoms with Crippen LogP contribution in [-0.4, -0.2) is 29.3 Å². The van der Waals surface area contributed by atoms with E-state index in [1.54, 1.807) is 30.3 Å². The molecule has 3 aromatic carbocycles. The molecule has 2 amide bonds. The Hall–Kier alpha value is -3.58. The largest absolute Gasteiger partial charge is 0.490 e. The number of rotatable bonds is 8. The average molecular weight is 464 g/mol. The van der Waals surface area contributed by atoms with E-state index in [-0.39, 0.29) is 11.4 Å². The summed E-state index contributed by atoms with van der Waals surface area (Å²) in [6.45, 7) is 2.67. The molecular weight excluding hydrogens is 441 g/mol. The molecule has 1 aliphatic rings. The minimum absolute atomic E-state index is 0.0984. The van der Waals surface area contributed by atoms with Gasteiger partial charge in [0.2, 0.25) is 0 Å². The zero-order valence-corrected chi connectivity index (χ0v) is 18.8. The van der Waals surface area contributed by atoms with Gasteiger partial charge in [-0.25, -0.2) is 4.39 Å². The summed E-state index contributed by atoms with van der Waals surface area (Å²) in [7, 11) is 0. The minimum Gasteiger partial charge on any atom is -0.490 e. The second-order valence-corrected chi connectivity index (χ2v) is 8.43. The van der Waals surface area contributed by atoms with E-state index >= 15 is 0 Å². The first-order valence-corrected chi connectivity index (χ1v) is 11.2. The molecule has 0 aliphatic carbocycles. The molecule has 0 atom stereocenters. The van der Waals surface area contributed by atoms with Crippen LogP contribution in [-0.2, 0) is 11.3 Å². The van der Waals surface area contributed by atoms with Crippen molar-refractivity contribution in [2.75, 3.05) is 13.2 Å². The molecule has 0 N–H and O–H groups in total. The van der Waals surface area contributed by atoms with Crippen molar-refractivity contribution in [3.63, 3.8) is 0 Å². The zero-order valence-electron chi connectivity index (χ0n) is 18.0. The van der Waals surface area contributed by atoms with Crippen molar-refractivity contribution >= 4 is 29.0 Å². The van der Waals surface area contributed by atoms with Gasteiger partial charge in [0.25, 0.3) is 11.1 Å². The molecule has 33 heavy (non-hydrogen) atoms. The van der Waals surface area contributed by atoms with E-state index in [0.29, 0.717) is 24.5 Å². The number of carbonyl (C=O) groups excluding carboxylic acids is 2. The summed E-state index contributed by atoms with van der Waals surface area (Å²) in [5.41, 5.74) is 2.19. The quantitative estimate of drug-likeness (QED) is 0.311. The molecular formula is C26H22FNO4S. The van der Waals surface area contributed by atoms with Crippen molar-refractivity contribution in [3.05, 3.63) is 100 Å². The van der Waals surface area contributed by atoms with Crippen molar-refractivity contribution < 1.29 is 23.5 Å². The van der Waals surface area contributed by atoms with Crippen molar-refractivity contribution in [3.8, 4) is 11.5 Å². The first-order valence-electron chi connectivity index (χ1n) is 10.4. The van der Waals surface area contributed by atoms with Crippen LogP contribution in [0.2, 0.25) is 0 Å². The molecule has 0 aromatic heterocycles. The van der Waals surface area contributed by atoms with Gasteiger partial charge < -0.3 is 9.47 Å². The lowest BCUT2D eigenvalue weighted by molar-refractivity contribution is -0.123. The predicted octanol–water partition coefficient (Wildman–Crippen LogP) is 5.83. The molecule has 5 nitrogen and oxygen atoms in total. The Morgan fingerprint density at radius 2 is 1.64 bits per heavy atom. The van der Waals surface area contributed by atoms with Gasteiger partial charge in [-0.3, -0.25) is 14.5 Å². The molecule has 1 aliphatic heterocycles. The number of benzene rings is 3. The van der Waals surface area contributed by atoms with E-state index in [0.717, 1.165) is 28.0 Å². The number of thioether (sulfide) groups is 1. The van der Waals surface area contributed by atoms with Crippen LogP contribution in [0.4, 0.5) is 9.18 Å². The van der Waals surface area contributed by atoms with Gasteiger partial charge in [-0.05, 0) is 60.7 Å². The molecule has 4 rings (SSSR count). The molecule has 0 bridgehead atoms. The second-order valence-electron chi connectivity index (χ2n) is 7.44. The Morgan fingerprint density at radius 3 is 2.39 bits per heavy atom. The molecule has 3 aromatic rings. The molecule has 7 heteroatoms. The standard InChI is InChI=1S/C26H22FNO4S/c1-18-9-11-21(12-10-18)31-13-14-32-22-7-4-5-19(15-22)16-24-25(29)28(26(30)33-24)17-20-6-2-3-8-23(20)27/h2-12,15-16H,13-14,17H2,1H3/b24-16-. The van der Waals surface area contributed by atoms with Gasteiger partial charge in [-0.2, -0.15) is 0 Å². The topological polar surface area (TPSA) is 55.8 Å². The minimum atomic E-state index is -0.447. The third-order valence-electron chi connectivity index (χ3n) is 4.96. The van der Waals surface area contributed by atoms with Gasteiger partial charge in [-0.1, -0.05) is 48.0 Å². The molecule has 0 unspecified atom stereocenters. The van der Waals surface area contributed by atoms with Crippen LogP contribution >= 0.6 is 11.8 Å². The Kier molecular flexibility index (Phi) is 7.10.